The van der Waals surface area contributed by atoms with Crippen molar-refractivity contribution in [3.05, 3.63) is 23.8 Å². The fraction of sp³-hybridized carbons (Fsp3) is 0.200. The Labute approximate surface area is 103 Å². The van der Waals surface area contributed by atoms with Crippen LogP contribution in [0.25, 0.3) is 0 Å². The molecule has 1 aromatic carbocycles. The van der Waals surface area contributed by atoms with Crippen LogP contribution in [0.15, 0.2) is 23.1 Å². The number of sulfonamides is 1. The third-order valence-corrected chi connectivity index (χ3v) is 4.42. The van der Waals surface area contributed by atoms with Gasteiger partial charge in [0.1, 0.15) is 4.90 Å². The van der Waals surface area contributed by atoms with Crippen molar-refractivity contribution in [2.45, 2.75) is 11.3 Å². The predicted molar refractivity (Wildman–Crippen MR) is 61.3 cm³/mol. The lowest BCUT2D eigenvalue weighted by Gasteiger charge is -2.13. The number of carbonyl (C=O) groups is 2. The summed E-state index contributed by atoms with van der Waals surface area (Å²) in [6.07, 6.45) is -0.446. The van der Waals surface area contributed by atoms with Crippen molar-refractivity contribution in [2.75, 3.05) is 12.3 Å². The van der Waals surface area contributed by atoms with Gasteiger partial charge in [0, 0.05) is 12.2 Å². The number of rotatable bonds is 3. The summed E-state index contributed by atoms with van der Waals surface area (Å²) in [5.41, 5.74) is 5.56. The molecule has 2 rings (SSSR count). The summed E-state index contributed by atoms with van der Waals surface area (Å²) < 4.78 is 24.6. The Balaban J connectivity index is 2.48. The van der Waals surface area contributed by atoms with Crippen LogP contribution in [0.5, 0.6) is 0 Å². The molecule has 0 saturated carbocycles. The van der Waals surface area contributed by atoms with E-state index in [1.165, 1.54) is 18.2 Å². The number of fused-ring (bicyclic) bond motifs is 1. The number of anilines is 1. The molecule has 1 aliphatic rings. The molecule has 0 atom stereocenters. The van der Waals surface area contributed by atoms with Crippen LogP contribution in [-0.4, -0.2) is 36.3 Å². The molecule has 18 heavy (non-hydrogen) atoms. The summed E-state index contributed by atoms with van der Waals surface area (Å²) in [6, 6.07) is 4.13. The van der Waals surface area contributed by atoms with Gasteiger partial charge in [0.2, 0.25) is 0 Å². The van der Waals surface area contributed by atoms with Crippen molar-refractivity contribution in [2.24, 2.45) is 0 Å². The Hall–Kier alpha value is -2.09. The Bertz CT molecular complexity index is 638. The summed E-state index contributed by atoms with van der Waals surface area (Å²) in [4.78, 5) is 22.2. The van der Waals surface area contributed by atoms with E-state index in [-0.39, 0.29) is 16.1 Å². The van der Waals surface area contributed by atoms with Crippen molar-refractivity contribution in [3.8, 4) is 0 Å². The van der Waals surface area contributed by atoms with E-state index in [9.17, 15) is 18.0 Å². The van der Waals surface area contributed by atoms with Gasteiger partial charge in [0.25, 0.3) is 15.9 Å². The van der Waals surface area contributed by atoms with E-state index in [2.05, 4.69) is 0 Å². The molecule has 0 aromatic heterocycles. The minimum atomic E-state index is -3.97. The number of nitrogens with two attached hydrogens (primary N) is 1. The fourth-order valence-electron chi connectivity index (χ4n) is 1.76. The molecule has 3 N–H and O–H groups in total. The average Bonchev–Trinajstić information content (AvgIpc) is 2.46. The largest absolute Gasteiger partial charge is 0.481 e. The van der Waals surface area contributed by atoms with Gasteiger partial charge in [0.05, 0.1) is 12.0 Å². The maximum atomic E-state index is 12.0. The predicted octanol–water partition coefficient (Wildman–Crippen LogP) is -0.112. The monoisotopic (exact) mass is 270 g/mol. The number of hydrogen-bond acceptors (Lipinski definition) is 5. The van der Waals surface area contributed by atoms with Crippen molar-refractivity contribution >= 4 is 27.6 Å². The minimum Gasteiger partial charge on any atom is -0.481 e. The molecule has 0 fully saturated rings. The van der Waals surface area contributed by atoms with Crippen LogP contribution in [0.1, 0.15) is 16.8 Å². The molecular formula is C10H10N2O5S. The van der Waals surface area contributed by atoms with Gasteiger partial charge in [-0.3, -0.25) is 9.59 Å². The highest BCUT2D eigenvalue weighted by molar-refractivity contribution is 7.90. The molecule has 0 unspecified atom stereocenters. The number of aliphatic carboxylic acids is 1. The summed E-state index contributed by atoms with van der Waals surface area (Å²) in [7, 11) is -3.97. The summed E-state index contributed by atoms with van der Waals surface area (Å²) in [5.74, 6) is -1.95. The van der Waals surface area contributed by atoms with Gasteiger partial charge < -0.3 is 10.8 Å². The zero-order chi connectivity index (χ0) is 13.5. The molecule has 1 aromatic rings. The molecule has 1 aliphatic heterocycles. The Morgan fingerprint density at radius 1 is 1.39 bits per heavy atom. The second kappa shape index (κ2) is 3.98. The lowest BCUT2D eigenvalue weighted by molar-refractivity contribution is -0.137. The van der Waals surface area contributed by atoms with E-state index in [4.69, 9.17) is 10.8 Å². The highest BCUT2D eigenvalue weighted by Crippen LogP contribution is 2.33. The van der Waals surface area contributed by atoms with Gasteiger partial charge in [0.15, 0.2) is 0 Å². The van der Waals surface area contributed by atoms with Crippen LogP contribution < -0.4 is 5.73 Å². The highest BCUT2D eigenvalue weighted by Gasteiger charge is 2.42. The van der Waals surface area contributed by atoms with E-state index < -0.39 is 34.9 Å². The quantitative estimate of drug-likeness (QED) is 0.740. The minimum absolute atomic E-state index is 0.0684. The number of nitrogen functional groups attached to an aromatic ring is 1. The number of benzene rings is 1. The van der Waals surface area contributed by atoms with Crippen LogP contribution in [-0.2, 0) is 14.8 Å². The summed E-state index contributed by atoms with van der Waals surface area (Å²) in [6.45, 7) is -0.398. The van der Waals surface area contributed by atoms with Gasteiger partial charge in [-0.25, -0.2) is 12.7 Å². The van der Waals surface area contributed by atoms with Crippen molar-refractivity contribution < 1.29 is 23.1 Å². The first-order valence-electron chi connectivity index (χ1n) is 5.03. The maximum Gasteiger partial charge on any atom is 0.305 e. The summed E-state index contributed by atoms with van der Waals surface area (Å²) in [5, 5.41) is 8.54. The first-order valence-corrected chi connectivity index (χ1v) is 6.47. The Kier molecular flexibility index (Phi) is 2.74. The van der Waals surface area contributed by atoms with Gasteiger partial charge in [-0.1, -0.05) is 6.07 Å². The van der Waals surface area contributed by atoms with E-state index in [0.717, 1.165) is 0 Å². The smallest absolute Gasteiger partial charge is 0.305 e. The molecule has 1 heterocycles. The zero-order valence-electron chi connectivity index (χ0n) is 9.16. The molecule has 8 heteroatoms. The third kappa shape index (κ3) is 1.70. The van der Waals surface area contributed by atoms with Gasteiger partial charge in [-0.05, 0) is 12.1 Å². The fourth-order valence-corrected chi connectivity index (χ4v) is 3.36. The second-order valence-electron chi connectivity index (χ2n) is 3.75. The average molecular weight is 270 g/mol. The molecule has 7 nitrogen and oxygen atoms in total. The highest BCUT2D eigenvalue weighted by atomic mass is 32.2. The number of hydrogen-bond donors (Lipinski definition) is 2. The first-order chi connectivity index (χ1) is 8.35. The van der Waals surface area contributed by atoms with Gasteiger partial charge >= 0.3 is 5.97 Å². The number of carboxylic acids is 1. The van der Waals surface area contributed by atoms with Crippen LogP contribution in [0.4, 0.5) is 5.69 Å². The molecule has 0 radical (unpaired) electrons. The van der Waals surface area contributed by atoms with E-state index in [0.29, 0.717) is 4.31 Å². The molecule has 0 bridgehead atoms. The van der Waals surface area contributed by atoms with Crippen LogP contribution >= 0.6 is 0 Å². The summed E-state index contributed by atoms with van der Waals surface area (Å²) >= 11 is 0. The third-order valence-electron chi connectivity index (χ3n) is 2.60. The van der Waals surface area contributed by atoms with E-state index in [1.54, 1.807) is 0 Å². The van der Waals surface area contributed by atoms with Crippen molar-refractivity contribution in [1.82, 2.24) is 4.31 Å². The van der Waals surface area contributed by atoms with E-state index in [1.807, 2.05) is 0 Å². The Morgan fingerprint density at radius 2 is 2.06 bits per heavy atom. The normalized spacial score (nSPS) is 16.7. The first kappa shape index (κ1) is 12.4. The second-order valence-corrected chi connectivity index (χ2v) is 5.58. The van der Waals surface area contributed by atoms with Crippen LogP contribution in [0.3, 0.4) is 0 Å². The van der Waals surface area contributed by atoms with E-state index >= 15 is 0 Å². The topological polar surface area (TPSA) is 118 Å². The molecule has 0 aliphatic carbocycles. The van der Waals surface area contributed by atoms with Crippen LogP contribution in [0.2, 0.25) is 0 Å². The van der Waals surface area contributed by atoms with Gasteiger partial charge in [-0.15, -0.1) is 0 Å². The Morgan fingerprint density at radius 3 is 2.61 bits per heavy atom. The van der Waals surface area contributed by atoms with Crippen molar-refractivity contribution in [3.63, 3.8) is 0 Å². The SMILES string of the molecule is Nc1cccc2c1C(=O)N(CCC(=O)O)S2(=O)=O. The number of carboxylic acid groups (broad SMARTS) is 1. The number of nitrogens with zero attached hydrogens (tertiary/aromatic N) is 1. The van der Waals surface area contributed by atoms with Crippen molar-refractivity contribution in [1.29, 1.82) is 0 Å². The lowest BCUT2D eigenvalue weighted by atomic mass is 10.1. The van der Waals surface area contributed by atoms with Crippen LogP contribution in [0, 0.1) is 0 Å². The molecule has 0 spiro atoms. The zero-order valence-corrected chi connectivity index (χ0v) is 9.98. The molecule has 96 valence electrons. The number of amides is 1. The molecule has 0 saturated heterocycles. The lowest BCUT2D eigenvalue weighted by Crippen LogP contribution is -2.32. The number of carbonyl (C=O) groups excluding carboxylic acids is 1. The maximum absolute atomic E-state index is 12.0. The molecule has 1 amide bonds. The molecular weight excluding hydrogens is 260 g/mol. The van der Waals surface area contributed by atoms with Gasteiger partial charge in [-0.2, -0.15) is 0 Å². The standard InChI is InChI=1S/C10H10N2O5S/c11-6-2-1-3-7-9(6)10(15)12(18(7,16)17)5-4-8(13)14/h1-3H,4-5,11H2,(H,13,14).